The first-order chi connectivity index (χ1) is 13.1. The Hall–Kier alpha value is -2.08. The van der Waals surface area contributed by atoms with E-state index in [2.05, 4.69) is 34.7 Å². The Kier molecular flexibility index (Phi) is 5.08. The molecule has 0 saturated heterocycles. The van der Waals surface area contributed by atoms with E-state index in [9.17, 15) is 8.42 Å². The van der Waals surface area contributed by atoms with Gasteiger partial charge in [0.1, 0.15) is 12.1 Å². The van der Waals surface area contributed by atoms with E-state index in [-0.39, 0.29) is 6.54 Å². The lowest BCUT2D eigenvalue weighted by atomic mass is 10.1. The van der Waals surface area contributed by atoms with Gasteiger partial charge in [-0.1, -0.05) is 0 Å². The highest BCUT2D eigenvalue weighted by Gasteiger charge is 2.23. The standard InChI is InChI=1S/C16H24N8O2S/c1-17-27(25,26)21-8-12-7-13-10-23(5-2-6-24(13)22-12)16-14-3-4-18-9-15(14)19-11-20-16/h7,11,17-18,21H,2-6,8-10H2,1H3. The van der Waals surface area contributed by atoms with Crippen LogP contribution in [0.3, 0.4) is 0 Å². The van der Waals surface area contributed by atoms with Crippen LogP contribution in [-0.2, 0) is 42.8 Å². The van der Waals surface area contributed by atoms with Gasteiger partial charge >= 0.3 is 0 Å². The lowest BCUT2D eigenvalue weighted by Gasteiger charge is -2.26. The zero-order chi connectivity index (χ0) is 18.9. The number of nitrogens with one attached hydrogen (secondary N) is 3. The van der Waals surface area contributed by atoms with Gasteiger partial charge in [0.05, 0.1) is 30.2 Å². The minimum absolute atomic E-state index is 0.164. The van der Waals surface area contributed by atoms with Crippen LogP contribution in [0.15, 0.2) is 12.4 Å². The van der Waals surface area contributed by atoms with Crippen molar-refractivity contribution >= 4 is 16.0 Å². The second-order valence-electron chi connectivity index (χ2n) is 6.70. The number of aromatic nitrogens is 4. The van der Waals surface area contributed by atoms with E-state index in [1.807, 2.05) is 10.7 Å². The van der Waals surface area contributed by atoms with Crippen molar-refractivity contribution in [3.05, 3.63) is 35.0 Å². The maximum absolute atomic E-state index is 11.6. The van der Waals surface area contributed by atoms with Gasteiger partial charge in [-0.25, -0.2) is 14.7 Å². The molecule has 0 atom stereocenters. The number of aryl methyl sites for hydroxylation is 1. The number of hydrogen-bond acceptors (Lipinski definition) is 7. The first-order valence-electron chi connectivity index (χ1n) is 9.08. The van der Waals surface area contributed by atoms with Gasteiger partial charge in [0, 0.05) is 32.2 Å². The molecule has 2 aliphatic heterocycles. The van der Waals surface area contributed by atoms with Crippen molar-refractivity contribution < 1.29 is 8.42 Å². The minimum Gasteiger partial charge on any atom is -0.350 e. The van der Waals surface area contributed by atoms with E-state index < -0.39 is 10.2 Å². The van der Waals surface area contributed by atoms with E-state index in [4.69, 9.17) is 0 Å². The molecule has 10 nitrogen and oxygen atoms in total. The first-order valence-corrected chi connectivity index (χ1v) is 10.6. The first kappa shape index (κ1) is 18.3. The fraction of sp³-hybridized carbons (Fsp3) is 0.562. The molecule has 2 aromatic heterocycles. The summed E-state index contributed by atoms with van der Waals surface area (Å²) in [5, 5.41) is 7.91. The lowest BCUT2D eigenvalue weighted by molar-refractivity contribution is 0.564. The van der Waals surface area contributed by atoms with Crippen LogP contribution >= 0.6 is 0 Å². The Balaban J connectivity index is 1.55. The summed E-state index contributed by atoms with van der Waals surface area (Å²) in [4.78, 5) is 11.3. The lowest BCUT2D eigenvalue weighted by Crippen LogP contribution is -2.33. The zero-order valence-corrected chi connectivity index (χ0v) is 16.1. The number of nitrogens with zero attached hydrogens (tertiary/aromatic N) is 5. The summed E-state index contributed by atoms with van der Waals surface area (Å²) < 4.78 is 29.8. The molecule has 0 radical (unpaired) electrons. The Morgan fingerprint density at radius 1 is 1.30 bits per heavy atom. The van der Waals surface area contributed by atoms with Gasteiger partial charge in [0.15, 0.2) is 0 Å². The molecule has 0 saturated carbocycles. The van der Waals surface area contributed by atoms with Crippen LogP contribution in [0.5, 0.6) is 0 Å². The predicted octanol–water partition coefficient (Wildman–Crippen LogP) is -0.717. The van der Waals surface area contributed by atoms with Gasteiger partial charge in [0.25, 0.3) is 10.2 Å². The molecule has 0 aromatic carbocycles. The van der Waals surface area contributed by atoms with Gasteiger partial charge in [-0.15, -0.1) is 0 Å². The predicted molar refractivity (Wildman–Crippen MR) is 100 cm³/mol. The Morgan fingerprint density at radius 3 is 3.04 bits per heavy atom. The largest absolute Gasteiger partial charge is 0.350 e. The van der Waals surface area contributed by atoms with Crippen molar-refractivity contribution in [3.63, 3.8) is 0 Å². The van der Waals surface area contributed by atoms with Crippen LogP contribution in [0.4, 0.5) is 5.82 Å². The van der Waals surface area contributed by atoms with Crippen LogP contribution in [0.25, 0.3) is 0 Å². The highest BCUT2D eigenvalue weighted by molar-refractivity contribution is 7.87. The Morgan fingerprint density at radius 2 is 2.19 bits per heavy atom. The van der Waals surface area contributed by atoms with Crippen LogP contribution in [0, 0.1) is 0 Å². The summed E-state index contributed by atoms with van der Waals surface area (Å²) in [6.45, 7) is 4.29. The average Bonchev–Trinajstić information content (AvgIpc) is 2.96. The maximum atomic E-state index is 11.6. The second kappa shape index (κ2) is 7.50. The topological polar surface area (TPSA) is 117 Å². The van der Waals surface area contributed by atoms with E-state index in [1.165, 1.54) is 12.6 Å². The zero-order valence-electron chi connectivity index (χ0n) is 15.3. The molecule has 146 valence electrons. The molecule has 4 rings (SSSR count). The molecule has 27 heavy (non-hydrogen) atoms. The molecule has 3 N–H and O–H groups in total. The molecule has 0 amide bonds. The van der Waals surface area contributed by atoms with E-state index in [0.717, 1.165) is 56.2 Å². The normalized spacial score (nSPS) is 17.3. The average molecular weight is 392 g/mol. The van der Waals surface area contributed by atoms with E-state index >= 15 is 0 Å². The quantitative estimate of drug-likeness (QED) is 0.615. The van der Waals surface area contributed by atoms with Crippen molar-refractivity contribution in [2.24, 2.45) is 0 Å². The SMILES string of the molecule is CNS(=O)(=O)NCc1cc2n(n1)CCCN(c1ncnc3c1CCNC3)C2. The molecule has 0 fully saturated rings. The number of fused-ring (bicyclic) bond motifs is 2. The van der Waals surface area contributed by atoms with Gasteiger partial charge in [-0.3, -0.25) is 4.68 Å². The van der Waals surface area contributed by atoms with Crippen molar-refractivity contribution in [1.29, 1.82) is 0 Å². The minimum atomic E-state index is -3.47. The summed E-state index contributed by atoms with van der Waals surface area (Å²) in [7, 11) is -2.10. The highest BCUT2D eigenvalue weighted by atomic mass is 32.2. The fourth-order valence-corrected chi connectivity index (χ4v) is 4.05. The molecule has 0 spiro atoms. The summed E-state index contributed by atoms with van der Waals surface area (Å²) >= 11 is 0. The van der Waals surface area contributed by atoms with Crippen molar-refractivity contribution in [3.8, 4) is 0 Å². The molecule has 11 heteroatoms. The summed E-state index contributed by atoms with van der Waals surface area (Å²) in [5.41, 5.74) is 4.07. The van der Waals surface area contributed by atoms with Gasteiger partial charge in [-0.05, 0) is 25.5 Å². The number of hydrogen-bond donors (Lipinski definition) is 3. The van der Waals surface area contributed by atoms with Crippen LogP contribution in [-0.4, -0.2) is 48.3 Å². The molecule has 2 aromatic rings. The molecule has 0 unspecified atom stereocenters. The second-order valence-corrected chi connectivity index (χ2v) is 8.41. The molecular weight excluding hydrogens is 368 g/mol. The third kappa shape index (κ3) is 3.95. The fourth-order valence-electron chi connectivity index (χ4n) is 3.57. The van der Waals surface area contributed by atoms with Crippen molar-refractivity contribution in [1.82, 2.24) is 34.5 Å². The van der Waals surface area contributed by atoms with Crippen LogP contribution < -0.4 is 19.7 Å². The monoisotopic (exact) mass is 392 g/mol. The van der Waals surface area contributed by atoms with E-state index in [1.54, 1.807) is 6.33 Å². The van der Waals surface area contributed by atoms with Crippen LogP contribution in [0.2, 0.25) is 0 Å². The third-order valence-electron chi connectivity index (χ3n) is 4.93. The Bertz CT molecular complexity index is 926. The Labute approximate surface area is 158 Å². The molecule has 2 aliphatic rings. The maximum Gasteiger partial charge on any atom is 0.277 e. The summed E-state index contributed by atoms with van der Waals surface area (Å²) in [6.07, 6.45) is 3.52. The molecule has 0 aliphatic carbocycles. The molecule has 4 heterocycles. The van der Waals surface area contributed by atoms with Gasteiger partial charge in [-0.2, -0.15) is 18.2 Å². The smallest absolute Gasteiger partial charge is 0.277 e. The van der Waals surface area contributed by atoms with E-state index in [0.29, 0.717) is 12.2 Å². The van der Waals surface area contributed by atoms with Crippen LogP contribution in [0.1, 0.15) is 29.1 Å². The van der Waals surface area contributed by atoms with Gasteiger partial charge in [0.2, 0.25) is 0 Å². The summed E-state index contributed by atoms with van der Waals surface area (Å²) in [5.74, 6) is 1.01. The number of rotatable bonds is 5. The third-order valence-corrected chi connectivity index (χ3v) is 5.99. The van der Waals surface area contributed by atoms with Crippen molar-refractivity contribution in [2.45, 2.75) is 39.0 Å². The summed E-state index contributed by atoms with van der Waals surface area (Å²) in [6, 6.07) is 1.96. The molecule has 0 bridgehead atoms. The number of anilines is 1. The molecular formula is C16H24N8O2S. The van der Waals surface area contributed by atoms with Gasteiger partial charge < -0.3 is 10.2 Å². The van der Waals surface area contributed by atoms with Crippen molar-refractivity contribution in [2.75, 3.05) is 25.0 Å². The highest BCUT2D eigenvalue weighted by Crippen LogP contribution is 2.26.